The molecule has 1 aliphatic heterocycles. The summed E-state index contributed by atoms with van der Waals surface area (Å²) >= 11 is 0. The largest absolute Gasteiger partial charge is 0.396 e. The summed E-state index contributed by atoms with van der Waals surface area (Å²) in [4.78, 5) is 4.74. The Morgan fingerprint density at radius 2 is 2.04 bits per heavy atom. The van der Waals surface area contributed by atoms with Gasteiger partial charge in [0.1, 0.15) is 0 Å². The molecule has 0 bridgehead atoms. The highest BCUT2D eigenvalue weighted by Crippen LogP contribution is 2.31. The van der Waals surface area contributed by atoms with Crippen LogP contribution in [-0.2, 0) is 22.6 Å². The fraction of sp³-hybridized carbons (Fsp3) is 0.650. The maximum absolute atomic E-state index is 9.37. The van der Waals surface area contributed by atoms with Gasteiger partial charge in [-0.2, -0.15) is 0 Å². The van der Waals surface area contributed by atoms with Crippen LogP contribution in [0.5, 0.6) is 0 Å². The highest BCUT2D eigenvalue weighted by Gasteiger charge is 2.34. The zero-order valence-corrected chi connectivity index (χ0v) is 18.8. The molecule has 2 rings (SSSR count). The lowest BCUT2D eigenvalue weighted by Crippen LogP contribution is -2.44. The Bertz CT molecular complexity index is 563. The number of nitrogens with zero attached hydrogens (tertiary/aromatic N) is 1. The molecule has 6 nitrogen and oxygen atoms in total. The molecule has 1 aromatic rings. The number of hydrogen-bond donors (Lipinski definition) is 3. The average Bonchev–Trinajstić information content (AvgIpc) is 3.12. The van der Waals surface area contributed by atoms with Crippen LogP contribution in [0.3, 0.4) is 0 Å². The third-order valence-electron chi connectivity index (χ3n) is 4.79. The van der Waals surface area contributed by atoms with Gasteiger partial charge in [0, 0.05) is 38.3 Å². The lowest BCUT2D eigenvalue weighted by atomic mass is 9.84. The molecular formula is C20H34IN3O3. The summed E-state index contributed by atoms with van der Waals surface area (Å²) in [6.07, 6.45) is 1.72. The van der Waals surface area contributed by atoms with Crippen molar-refractivity contribution in [2.75, 3.05) is 39.5 Å². The minimum Gasteiger partial charge on any atom is -0.396 e. The van der Waals surface area contributed by atoms with E-state index in [2.05, 4.69) is 29.7 Å². The predicted octanol–water partition coefficient (Wildman–Crippen LogP) is 2.69. The van der Waals surface area contributed by atoms with Crippen molar-refractivity contribution in [3.05, 3.63) is 35.4 Å². The van der Waals surface area contributed by atoms with Gasteiger partial charge in [-0.3, -0.25) is 0 Å². The van der Waals surface area contributed by atoms with Gasteiger partial charge in [-0.1, -0.05) is 24.3 Å². The van der Waals surface area contributed by atoms with E-state index in [1.54, 1.807) is 0 Å². The van der Waals surface area contributed by atoms with E-state index in [-0.39, 0.29) is 36.0 Å². The Morgan fingerprint density at radius 3 is 2.67 bits per heavy atom. The topological polar surface area (TPSA) is 75.1 Å². The van der Waals surface area contributed by atoms with Crippen LogP contribution in [-0.4, -0.2) is 50.6 Å². The molecule has 1 fully saturated rings. The number of aliphatic hydroxyl groups is 1. The van der Waals surface area contributed by atoms with E-state index in [4.69, 9.17) is 14.5 Å². The number of guanidine groups is 1. The second-order valence-electron chi connectivity index (χ2n) is 6.73. The maximum atomic E-state index is 9.37. The van der Waals surface area contributed by atoms with Crippen molar-refractivity contribution in [3.63, 3.8) is 0 Å². The second-order valence-corrected chi connectivity index (χ2v) is 6.73. The van der Waals surface area contributed by atoms with E-state index in [1.807, 2.05) is 19.1 Å². The lowest BCUT2D eigenvalue weighted by molar-refractivity contribution is 0.127. The van der Waals surface area contributed by atoms with E-state index in [0.717, 1.165) is 38.5 Å². The van der Waals surface area contributed by atoms with Crippen LogP contribution in [0, 0.1) is 5.41 Å². The summed E-state index contributed by atoms with van der Waals surface area (Å²) in [5.74, 6) is 0.794. The third-order valence-corrected chi connectivity index (χ3v) is 4.79. The summed E-state index contributed by atoms with van der Waals surface area (Å²) in [7, 11) is 0. The number of aliphatic hydroxyl groups excluding tert-OH is 1. The molecule has 0 saturated carbocycles. The van der Waals surface area contributed by atoms with Crippen molar-refractivity contribution in [3.8, 4) is 0 Å². The van der Waals surface area contributed by atoms with Gasteiger partial charge in [0.25, 0.3) is 0 Å². The summed E-state index contributed by atoms with van der Waals surface area (Å²) in [6.45, 7) is 9.17. The normalized spacial score (nSPS) is 19.6. The Kier molecular flexibility index (Phi) is 11.9. The Balaban J connectivity index is 0.00000364. The molecule has 154 valence electrons. The molecular weight excluding hydrogens is 457 g/mol. The van der Waals surface area contributed by atoms with E-state index >= 15 is 0 Å². The van der Waals surface area contributed by atoms with Crippen molar-refractivity contribution in [2.45, 2.75) is 39.8 Å². The van der Waals surface area contributed by atoms with Gasteiger partial charge in [0.2, 0.25) is 0 Å². The molecule has 1 saturated heterocycles. The molecule has 1 aromatic carbocycles. The number of benzene rings is 1. The van der Waals surface area contributed by atoms with E-state index < -0.39 is 0 Å². The van der Waals surface area contributed by atoms with Gasteiger partial charge in [0.15, 0.2) is 5.96 Å². The number of ether oxygens (including phenoxy) is 2. The van der Waals surface area contributed by atoms with E-state index in [1.165, 1.54) is 11.1 Å². The molecule has 0 spiro atoms. The number of nitrogens with one attached hydrogen (secondary N) is 2. The first-order valence-electron chi connectivity index (χ1n) is 9.58. The maximum Gasteiger partial charge on any atom is 0.191 e. The third kappa shape index (κ3) is 7.93. The monoisotopic (exact) mass is 491 g/mol. The number of rotatable bonds is 10. The van der Waals surface area contributed by atoms with Crippen molar-refractivity contribution in [1.82, 2.24) is 10.6 Å². The van der Waals surface area contributed by atoms with Crippen LogP contribution >= 0.6 is 24.0 Å². The molecule has 1 atom stereocenters. The molecule has 1 unspecified atom stereocenters. The molecule has 0 aliphatic carbocycles. The fourth-order valence-corrected chi connectivity index (χ4v) is 3.15. The SMILES string of the molecule is CCNC(=NCc1ccccc1COCC)NCC1(CCO)CCOC1.I. The minimum atomic E-state index is -0.00217. The van der Waals surface area contributed by atoms with E-state index in [0.29, 0.717) is 26.4 Å². The molecule has 3 N–H and O–H groups in total. The second kappa shape index (κ2) is 13.3. The number of hydrogen-bond acceptors (Lipinski definition) is 4. The number of aliphatic imine (C=N–C) groups is 1. The fourth-order valence-electron chi connectivity index (χ4n) is 3.15. The van der Waals surface area contributed by atoms with Crippen LogP contribution < -0.4 is 10.6 Å². The van der Waals surface area contributed by atoms with Gasteiger partial charge >= 0.3 is 0 Å². The Labute approximate surface area is 180 Å². The van der Waals surface area contributed by atoms with Crippen molar-refractivity contribution in [2.24, 2.45) is 10.4 Å². The average molecular weight is 491 g/mol. The van der Waals surface area contributed by atoms with Crippen LogP contribution in [0.15, 0.2) is 29.3 Å². The first-order chi connectivity index (χ1) is 12.7. The zero-order chi connectivity index (χ0) is 18.7. The van der Waals surface area contributed by atoms with Gasteiger partial charge in [-0.15, -0.1) is 24.0 Å². The molecule has 7 heteroatoms. The quantitative estimate of drug-likeness (QED) is 0.267. The van der Waals surface area contributed by atoms with Gasteiger partial charge in [-0.25, -0.2) is 4.99 Å². The highest BCUT2D eigenvalue weighted by atomic mass is 127. The van der Waals surface area contributed by atoms with E-state index in [9.17, 15) is 5.11 Å². The molecule has 0 amide bonds. The van der Waals surface area contributed by atoms with Crippen LogP contribution in [0.1, 0.15) is 37.8 Å². The molecule has 0 aromatic heterocycles. The highest BCUT2D eigenvalue weighted by molar-refractivity contribution is 14.0. The summed E-state index contributed by atoms with van der Waals surface area (Å²) < 4.78 is 11.1. The molecule has 1 heterocycles. The van der Waals surface area contributed by atoms with Crippen molar-refractivity contribution >= 4 is 29.9 Å². The Hall–Kier alpha value is -0.900. The van der Waals surface area contributed by atoms with Gasteiger partial charge in [-0.05, 0) is 37.8 Å². The van der Waals surface area contributed by atoms with Crippen molar-refractivity contribution in [1.29, 1.82) is 0 Å². The first-order valence-corrected chi connectivity index (χ1v) is 9.58. The smallest absolute Gasteiger partial charge is 0.191 e. The minimum absolute atomic E-state index is 0. The van der Waals surface area contributed by atoms with Crippen LogP contribution in [0.2, 0.25) is 0 Å². The van der Waals surface area contributed by atoms with Gasteiger partial charge in [0.05, 0.1) is 19.8 Å². The molecule has 0 radical (unpaired) electrons. The van der Waals surface area contributed by atoms with Gasteiger partial charge < -0.3 is 25.2 Å². The van der Waals surface area contributed by atoms with Crippen LogP contribution in [0.25, 0.3) is 0 Å². The van der Waals surface area contributed by atoms with Crippen molar-refractivity contribution < 1.29 is 14.6 Å². The number of halogens is 1. The Morgan fingerprint density at radius 1 is 1.26 bits per heavy atom. The standard InChI is InChI=1S/C20H33N3O3.HI/c1-3-21-19(23-15-20(9-11-24)10-12-26-16-20)22-13-17-7-5-6-8-18(17)14-25-4-2;/h5-8,24H,3-4,9-16H2,1-2H3,(H2,21,22,23);1H. The zero-order valence-electron chi connectivity index (χ0n) is 16.5. The summed E-state index contributed by atoms with van der Waals surface area (Å²) in [6, 6.07) is 8.25. The lowest BCUT2D eigenvalue weighted by Gasteiger charge is -2.27. The summed E-state index contributed by atoms with van der Waals surface area (Å²) in [5.41, 5.74) is 2.35. The first kappa shape index (κ1) is 24.1. The molecule has 27 heavy (non-hydrogen) atoms. The predicted molar refractivity (Wildman–Crippen MR) is 120 cm³/mol. The summed E-state index contributed by atoms with van der Waals surface area (Å²) in [5, 5.41) is 16.1. The molecule has 1 aliphatic rings. The van der Waals surface area contributed by atoms with Crippen LogP contribution in [0.4, 0.5) is 0 Å².